The molecule has 0 saturated heterocycles. The smallest absolute Gasteiger partial charge is 0.229 e. The molecule has 0 radical (unpaired) electrons. The van der Waals surface area contributed by atoms with Gasteiger partial charge in [0.1, 0.15) is 5.76 Å². The van der Waals surface area contributed by atoms with Crippen molar-refractivity contribution in [2.75, 3.05) is 0 Å². The van der Waals surface area contributed by atoms with Gasteiger partial charge in [-0.25, -0.2) is 4.98 Å². The third kappa shape index (κ3) is 1.75. The highest BCUT2D eigenvalue weighted by Gasteiger charge is 2.14. The fourth-order valence-corrected chi connectivity index (χ4v) is 1.55. The highest BCUT2D eigenvalue weighted by molar-refractivity contribution is 5.55. The third-order valence-corrected chi connectivity index (χ3v) is 3.09. The van der Waals surface area contributed by atoms with E-state index < -0.39 is 0 Å². The Kier molecular flexibility index (Phi) is 2.81. The minimum Gasteiger partial charge on any atom is -0.441 e. The average Bonchev–Trinajstić information content (AvgIpc) is 2.87. The maximum Gasteiger partial charge on any atom is 0.229 e. The van der Waals surface area contributed by atoms with Crippen molar-refractivity contribution in [1.29, 1.82) is 0 Å². The van der Waals surface area contributed by atoms with Crippen LogP contribution in [0.15, 0.2) is 16.8 Å². The predicted octanol–water partition coefficient (Wildman–Crippen LogP) is 2.90. The lowest BCUT2D eigenvalue weighted by Gasteiger charge is -2.01. The molecule has 2 aromatic rings. The number of hydrogen-bond donors (Lipinski definition) is 0. The lowest BCUT2D eigenvalue weighted by Crippen LogP contribution is -1.92. The van der Waals surface area contributed by atoms with Crippen molar-refractivity contribution in [3.05, 3.63) is 23.8 Å². The van der Waals surface area contributed by atoms with Crippen LogP contribution in [-0.2, 0) is 7.05 Å². The van der Waals surface area contributed by atoms with Crippen LogP contribution in [0.5, 0.6) is 0 Å². The Morgan fingerprint density at radius 3 is 2.75 bits per heavy atom. The Hall–Kier alpha value is -1.58. The van der Waals surface area contributed by atoms with Crippen LogP contribution < -0.4 is 0 Å². The summed E-state index contributed by atoms with van der Waals surface area (Å²) in [4.78, 5) is 4.31. The quantitative estimate of drug-likeness (QED) is 0.797. The molecule has 86 valence electrons. The van der Waals surface area contributed by atoms with Crippen molar-refractivity contribution < 1.29 is 4.42 Å². The van der Waals surface area contributed by atoms with E-state index in [0.717, 1.165) is 23.4 Å². The van der Waals surface area contributed by atoms with Gasteiger partial charge in [-0.1, -0.05) is 13.8 Å². The second-order valence-corrected chi connectivity index (χ2v) is 4.14. The van der Waals surface area contributed by atoms with E-state index in [2.05, 4.69) is 23.9 Å². The Bertz CT molecular complexity index is 484. The van der Waals surface area contributed by atoms with Crippen LogP contribution in [0.3, 0.4) is 0 Å². The lowest BCUT2D eigenvalue weighted by atomic mass is 10.1. The van der Waals surface area contributed by atoms with Gasteiger partial charge < -0.3 is 4.42 Å². The molecule has 0 fully saturated rings. The SMILES string of the molecule is CCC(C)c1cnc(-c2cnn(C)c2C)o1. The van der Waals surface area contributed by atoms with E-state index in [1.807, 2.05) is 24.9 Å². The molecule has 0 aliphatic heterocycles. The molecule has 0 bridgehead atoms. The molecule has 1 atom stereocenters. The molecule has 0 aliphatic carbocycles. The molecule has 0 spiro atoms. The second kappa shape index (κ2) is 4.12. The van der Waals surface area contributed by atoms with Crippen LogP contribution in [-0.4, -0.2) is 14.8 Å². The predicted molar refractivity (Wildman–Crippen MR) is 62.1 cm³/mol. The monoisotopic (exact) mass is 219 g/mol. The van der Waals surface area contributed by atoms with Crippen molar-refractivity contribution in [2.45, 2.75) is 33.1 Å². The van der Waals surface area contributed by atoms with E-state index in [-0.39, 0.29) is 0 Å². The first-order valence-electron chi connectivity index (χ1n) is 5.58. The van der Waals surface area contributed by atoms with Crippen molar-refractivity contribution in [1.82, 2.24) is 14.8 Å². The molecular formula is C12H17N3O. The first kappa shape index (κ1) is 10.9. The van der Waals surface area contributed by atoms with Crippen molar-refractivity contribution in [2.24, 2.45) is 7.05 Å². The van der Waals surface area contributed by atoms with E-state index in [4.69, 9.17) is 4.42 Å². The van der Waals surface area contributed by atoms with Crippen molar-refractivity contribution >= 4 is 0 Å². The van der Waals surface area contributed by atoms with Crippen LogP contribution in [0, 0.1) is 6.92 Å². The summed E-state index contributed by atoms with van der Waals surface area (Å²) in [7, 11) is 1.91. The van der Waals surface area contributed by atoms with E-state index in [1.165, 1.54) is 0 Å². The molecule has 0 N–H and O–H groups in total. The Balaban J connectivity index is 2.35. The molecule has 2 rings (SSSR count). The maximum atomic E-state index is 5.75. The first-order valence-corrected chi connectivity index (χ1v) is 5.58. The summed E-state index contributed by atoms with van der Waals surface area (Å²) in [6, 6.07) is 0. The van der Waals surface area contributed by atoms with Crippen molar-refractivity contribution in [3.63, 3.8) is 0 Å². The van der Waals surface area contributed by atoms with Gasteiger partial charge in [0.2, 0.25) is 5.89 Å². The fourth-order valence-electron chi connectivity index (χ4n) is 1.55. The topological polar surface area (TPSA) is 43.9 Å². The summed E-state index contributed by atoms with van der Waals surface area (Å²) < 4.78 is 7.57. The molecule has 0 amide bonds. The molecule has 1 unspecified atom stereocenters. The summed E-state index contributed by atoms with van der Waals surface area (Å²) >= 11 is 0. The summed E-state index contributed by atoms with van der Waals surface area (Å²) in [5.74, 6) is 2.03. The number of aryl methyl sites for hydroxylation is 1. The highest BCUT2D eigenvalue weighted by atomic mass is 16.4. The van der Waals surface area contributed by atoms with Gasteiger partial charge in [0.25, 0.3) is 0 Å². The average molecular weight is 219 g/mol. The zero-order valence-electron chi connectivity index (χ0n) is 10.2. The van der Waals surface area contributed by atoms with Crippen LogP contribution in [0.2, 0.25) is 0 Å². The van der Waals surface area contributed by atoms with Gasteiger partial charge in [0.15, 0.2) is 0 Å². The molecule has 2 aromatic heterocycles. The Morgan fingerprint density at radius 1 is 1.44 bits per heavy atom. The number of aromatic nitrogens is 3. The highest BCUT2D eigenvalue weighted by Crippen LogP contribution is 2.26. The van der Waals surface area contributed by atoms with Crippen LogP contribution in [0.25, 0.3) is 11.5 Å². The van der Waals surface area contributed by atoms with Gasteiger partial charge in [0, 0.05) is 18.7 Å². The fraction of sp³-hybridized carbons (Fsp3) is 0.500. The van der Waals surface area contributed by atoms with Gasteiger partial charge in [-0.15, -0.1) is 0 Å². The zero-order valence-corrected chi connectivity index (χ0v) is 10.2. The standard InChI is InChI=1S/C12H17N3O/c1-5-8(2)11-7-13-12(16-11)10-6-14-15(4)9(10)3/h6-8H,5H2,1-4H3. The molecule has 4 heteroatoms. The molecular weight excluding hydrogens is 202 g/mol. The molecule has 0 aromatic carbocycles. The van der Waals surface area contributed by atoms with E-state index in [0.29, 0.717) is 11.8 Å². The molecule has 4 nitrogen and oxygen atoms in total. The van der Waals surface area contributed by atoms with Crippen LogP contribution >= 0.6 is 0 Å². The minimum atomic E-state index is 0.415. The summed E-state index contributed by atoms with van der Waals surface area (Å²) in [6.45, 7) is 6.29. The Labute approximate surface area is 95.3 Å². The van der Waals surface area contributed by atoms with E-state index in [9.17, 15) is 0 Å². The van der Waals surface area contributed by atoms with Gasteiger partial charge in [-0.2, -0.15) is 5.10 Å². The van der Waals surface area contributed by atoms with Gasteiger partial charge >= 0.3 is 0 Å². The first-order chi connectivity index (χ1) is 7.63. The Morgan fingerprint density at radius 2 is 2.19 bits per heavy atom. The molecule has 0 saturated carbocycles. The zero-order chi connectivity index (χ0) is 11.7. The van der Waals surface area contributed by atoms with Crippen molar-refractivity contribution in [3.8, 4) is 11.5 Å². The number of oxazole rings is 1. The number of hydrogen-bond acceptors (Lipinski definition) is 3. The van der Waals surface area contributed by atoms with Gasteiger partial charge in [-0.05, 0) is 13.3 Å². The normalized spacial score (nSPS) is 13.0. The number of nitrogens with zero attached hydrogens (tertiary/aromatic N) is 3. The van der Waals surface area contributed by atoms with Gasteiger partial charge in [0.05, 0.1) is 18.0 Å². The third-order valence-electron chi connectivity index (χ3n) is 3.09. The second-order valence-electron chi connectivity index (χ2n) is 4.14. The summed E-state index contributed by atoms with van der Waals surface area (Å²) in [5, 5.41) is 4.18. The van der Waals surface area contributed by atoms with Gasteiger partial charge in [-0.3, -0.25) is 4.68 Å². The summed E-state index contributed by atoms with van der Waals surface area (Å²) in [6.07, 6.45) is 4.66. The summed E-state index contributed by atoms with van der Waals surface area (Å²) in [5.41, 5.74) is 2.04. The van der Waals surface area contributed by atoms with E-state index in [1.54, 1.807) is 6.20 Å². The molecule has 0 aliphatic rings. The van der Waals surface area contributed by atoms with Crippen LogP contribution in [0.4, 0.5) is 0 Å². The number of rotatable bonds is 3. The molecule has 2 heterocycles. The van der Waals surface area contributed by atoms with E-state index >= 15 is 0 Å². The van der Waals surface area contributed by atoms with Crippen LogP contribution in [0.1, 0.15) is 37.6 Å². The maximum absolute atomic E-state index is 5.75. The minimum absolute atomic E-state index is 0.415. The molecule has 16 heavy (non-hydrogen) atoms. The lowest BCUT2D eigenvalue weighted by molar-refractivity contribution is 0.476. The largest absolute Gasteiger partial charge is 0.441 e.